The lowest BCUT2D eigenvalue weighted by Crippen LogP contribution is -2.40. The monoisotopic (exact) mass is 205 g/mol. The Morgan fingerprint density at radius 2 is 2.25 bits per heavy atom. The highest BCUT2D eigenvalue weighted by molar-refractivity contribution is 7.99. The Balaban J connectivity index is 2.37. The van der Waals surface area contributed by atoms with Gasteiger partial charge in [0.2, 0.25) is 8.32 Å². The standard InChI is InChI=1S/C7H15NO2SSi/c1-12(2,3)10-7(9)6-4-11-5-8-6/h6,8H,4-5H2,1-3H3. The normalized spacial score (nSPS) is 24.1. The second-order valence-electron chi connectivity index (χ2n) is 3.81. The first-order valence-electron chi connectivity index (χ1n) is 4.03. The van der Waals surface area contributed by atoms with Crippen LogP contribution in [0.25, 0.3) is 0 Å². The third-order valence-electron chi connectivity index (χ3n) is 1.41. The summed E-state index contributed by atoms with van der Waals surface area (Å²) < 4.78 is 5.35. The SMILES string of the molecule is C[Si](C)(C)OC(=O)C1CSCN1. The van der Waals surface area contributed by atoms with E-state index in [9.17, 15) is 4.79 Å². The number of nitrogens with one attached hydrogen (secondary N) is 1. The van der Waals surface area contributed by atoms with Gasteiger partial charge in [-0.15, -0.1) is 11.8 Å². The van der Waals surface area contributed by atoms with Crippen molar-refractivity contribution in [1.29, 1.82) is 0 Å². The third kappa shape index (κ3) is 3.16. The molecule has 1 rings (SSSR count). The predicted octanol–water partition coefficient (Wildman–Crippen LogP) is 1.03. The Morgan fingerprint density at radius 3 is 2.67 bits per heavy atom. The van der Waals surface area contributed by atoms with E-state index in [1.54, 1.807) is 11.8 Å². The van der Waals surface area contributed by atoms with Gasteiger partial charge in [0.25, 0.3) is 0 Å². The minimum absolute atomic E-state index is 0.0678. The van der Waals surface area contributed by atoms with Crippen molar-refractivity contribution >= 4 is 26.0 Å². The molecule has 1 heterocycles. The summed E-state index contributed by atoms with van der Waals surface area (Å²) >= 11 is 1.74. The fourth-order valence-corrected chi connectivity index (χ4v) is 2.59. The zero-order valence-corrected chi connectivity index (χ0v) is 9.53. The first-order valence-corrected chi connectivity index (χ1v) is 8.59. The molecule has 0 aliphatic carbocycles. The van der Waals surface area contributed by atoms with E-state index in [4.69, 9.17) is 4.43 Å². The van der Waals surface area contributed by atoms with Crippen molar-refractivity contribution in [2.24, 2.45) is 0 Å². The fraction of sp³-hybridized carbons (Fsp3) is 0.857. The molecule has 0 aromatic carbocycles. The third-order valence-corrected chi connectivity index (χ3v) is 3.16. The molecule has 1 aliphatic heterocycles. The van der Waals surface area contributed by atoms with Crippen molar-refractivity contribution in [3.05, 3.63) is 0 Å². The highest BCUT2D eigenvalue weighted by atomic mass is 32.2. The molecular weight excluding hydrogens is 190 g/mol. The van der Waals surface area contributed by atoms with Crippen molar-refractivity contribution in [2.45, 2.75) is 25.7 Å². The summed E-state index contributed by atoms with van der Waals surface area (Å²) in [5, 5.41) is 3.09. The van der Waals surface area contributed by atoms with Crippen LogP contribution in [0, 0.1) is 0 Å². The van der Waals surface area contributed by atoms with E-state index in [2.05, 4.69) is 5.32 Å². The van der Waals surface area contributed by atoms with Gasteiger partial charge in [0, 0.05) is 11.6 Å². The van der Waals surface area contributed by atoms with Gasteiger partial charge in [0.1, 0.15) is 6.04 Å². The molecule has 1 saturated heterocycles. The van der Waals surface area contributed by atoms with E-state index in [1.165, 1.54) is 0 Å². The van der Waals surface area contributed by atoms with Gasteiger partial charge in [-0.25, -0.2) is 0 Å². The Bertz CT molecular complexity index is 175. The van der Waals surface area contributed by atoms with Gasteiger partial charge in [0.05, 0.1) is 0 Å². The van der Waals surface area contributed by atoms with Crippen molar-refractivity contribution < 1.29 is 9.22 Å². The van der Waals surface area contributed by atoms with Gasteiger partial charge >= 0.3 is 5.97 Å². The highest BCUT2D eigenvalue weighted by Crippen LogP contribution is 2.13. The molecule has 0 aromatic heterocycles. The number of carbonyl (C=O) groups excluding carboxylic acids is 1. The molecule has 70 valence electrons. The van der Waals surface area contributed by atoms with E-state index >= 15 is 0 Å². The Morgan fingerprint density at radius 1 is 1.58 bits per heavy atom. The molecular formula is C7H15NO2SSi. The molecule has 1 aliphatic rings. The van der Waals surface area contributed by atoms with Crippen LogP contribution in [0.2, 0.25) is 19.6 Å². The average molecular weight is 205 g/mol. The molecule has 0 radical (unpaired) electrons. The van der Waals surface area contributed by atoms with E-state index < -0.39 is 8.32 Å². The molecule has 0 bridgehead atoms. The maximum atomic E-state index is 11.4. The van der Waals surface area contributed by atoms with Gasteiger partial charge in [-0.2, -0.15) is 0 Å². The second-order valence-corrected chi connectivity index (χ2v) is 9.26. The molecule has 0 aromatic rings. The van der Waals surface area contributed by atoms with Crippen LogP contribution in [0.15, 0.2) is 0 Å². The summed E-state index contributed by atoms with van der Waals surface area (Å²) in [6.07, 6.45) is 0. The van der Waals surface area contributed by atoms with Crippen LogP contribution in [0.4, 0.5) is 0 Å². The Hall–Kier alpha value is -0.00312. The largest absolute Gasteiger partial charge is 0.519 e. The van der Waals surface area contributed by atoms with Crippen molar-refractivity contribution in [2.75, 3.05) is 11.6 Å². The molecule has 1 N–H and O–H groups in total. The quantitative estimate of drug-likeness (QED) is 0.683. The van der Waals surface area contributed by atoms with Crippen LogP contribution in [0.1, 0.15) is 0 Å². The smallest absolute Gasteiger partial charge is 0.310 e. The number of rotatable bonds is 2. The summed E-state index contributed by atoms with van der Waals surface area (Å²) in [5.74, 6) is 1.65. The lowest BCUT2D eigenvalue weighted by Gasteiger charge is -2.19. The number of hydrogen-bond acceptors (Lipinski definition) is 4. The zero-order chi connectivity index (χ0) is 9.19. The van der Waals surface area contributed by atoms with Crippen molar-refractivity contribution in [3.8, 4) is 0 Å². The maximum absolute atomic E-state index is 11.4. The fourth-order valence-electron chi connectivity index (χ4n) is 0.920. The van der Waals surface area contributed by atoms with Gasteiger partial charge < -0.3 is 4.43 Å². The molecule has 1 fully saturated rings. The number of carbonyl (C=O) groups is 1. The van der Waals surface area contributed by atoms with Gasteiger partial charge in [-0.05, 0) is 19.6 Å². The second kappa shape index (κ2) is 3.80. The Kier molecular flexibility index (Phi) is 3.20. The number of thioether (sulfide) groups is 1. The summed E-state index contributed by atoms with van der Waals surface area (Å²) in [5.41, 5.74) is 0. The summed E-state index contributed by atoms with van der Waals surface area (Å²) in [7, 11) is -1.69. The molecule has 1 unspecified atom stereocenters. The minimum atomic E-state index is -1.69. The van der Waals surface area contributed by atoms with E-state index in [0.717, 1.165) is 11.6 Å². The summed E-state index contributed by atoms with van der Waals surface area (Å²) in [4.78, 5) is 11.4. The van der Waals surface area contributed by atoms with Gasteiger partial charge in [-0.3, -0.25) is 10.1 Å². The molecule has 12 heavy (non-hydrogen) atoms. The minimum Gasteiger partial charge on any atom is -0.519 e. The lowest BCUT2D eigenvalue weighted by atomic mass is 10.4. The molecule has 3 nitrogen and oxygen atoms in total. The van der Waals surface area contributed by atoms with Crippen molar-refractivity contribution in [1.82, 2.24) is 5.32 Å². The van der Waals surface area contributed by atoms with Crippen LogP contribution in [0.3, 0.4) is 0 Å². The van der Waals surface area contributed by atoms with Crippen LogP contribution in [-0.4, -0.2) is 32.0 Å². The van der Waals surface area contributed by atoms with Crippen LogP contribution >= 0.6 is 11.8 Å². The van der Waals surface area contributed by atoms with Crippen molar-refractivity contribution in [3.63, 3.8) is 0 Å². The Labute approximate surface area is 78.4 Å². The zero-order valence-electron chi connectivity index (χ0n) is 7.72. The first-order chi connectivity index (χ1) is 5.49. The topological polar surface area (TPSA) is 38.3 Å². The average Bonchev–Trinajstić information content (AvgIpc) is 2.32. The van der Waals surface area contributed by atoms with E-state index in [1.807, 2.05) is 19.6 Å². The van der Waals surface area contributed by atoms with Crippen LogP contribution in [-0.2, 0) is 9.22 Å². The summed E-state index contributed by atoms with van der Waals surface area (Å²) in [6.45, 7) is 6.06. The van der Waals surface area contributed by atoms with Crippen LogP contribution in [0.5, 0.6) is 0 Å². The number of hydrogen-bond donors (Lipinski definition) is 1. The van der Waals surface area contributed by atoms with Crippen LogP contribution < -0.4 is 5.32 Å². The first kappa shape index (κ1) is 10.1. The molecule has 0 amide bonds. The van der Waals surface area contributed by atoms with E-state index in [0.29, 0.717) is 0 Å². The molecule has 1 atom stereocenters. The molecule has 5 heteroatoms. The van der Waals surface area contributed by atoms with Gasteiger partial charge in [0.15, 0.2) is 0 Å². The van der Waals surface area contributed by atoms with E-state index in [-0.39, 0.29) is 12.0 Å². The summed E-state index contributed by atoms with van der Waals surface area (Å²) in [6, 6.07) is -0.0678. The lowest BCUT2D eigenvalue weighted by molar-refractivity contribution is -0.136. The van der Waals surface area contributed by atoms with Gasteiger partial charge in [-0.1, -0.05) is 0 Å². The molecule has 0 spiro atoms. The molecule has 0 saturated carbocycles. The predicted molar refractivity (Wildman–Crippen MR) is 53.7 cm³/mol. The maximum Gasteiger partial charge on any atom is 0.310 e. The highest BCUT2D eigenvalue weighted by Gasteiger charge is 2.28.